The predicted octanol–water partition coefficient (Wildman–Crippen LogP) is 4.19. The summed E-state index contributed by atoms with van der Waals surface area (Å²) in [5.74, 6) is 1.01. The highest BCUT2D eigenvalue weighted by atomic mass is 32.2. The zero-order valence-electron chi connectivity index (χ0n) is 17.8. The Labute approximate surface area is 165 Å². The van der Waals surface area contributed by atoms with E-state index in [-0.39, 0.29) is 23.0 Å². The Hall–Kier alpha value is -1.11. The molecule has 0 aromatic heterocycles. The Balaban J connectivity index is 2.30. The molecule has 1 fully saturated rings. The van der Waals surface area contributed by atoms with E-state index in [4.69, 9.17) is 4.74 Å². The fraction of sp³-hybridized carbons (Fsp3) is 0.714. The van der Waals surface area contributed by atoms with E-state index in [9.17, 15) is 8.42 Å². The van der Waals surface area contributed by atoms with Gasteiger partial charge in [-0.05, 0) is 83.6 Å². The molecule has 1 aromatic rings. The van der Waals surface area contributed by atoms with Crippen LogP contribution >= 0.6 is 0 Å². The quantitative estimate of drug-likeness (QED) is 0.725. The molecule has 0 saturated carbocycles. The van der Waals surface area contributed by atoms with Crippen LogP contribution in [0.5, 0.6) is 5.75 Å². The second-order valence-corrected chi connectivity index (χ2v) is 10.8. The molecular weight excluding hydrogens is 360 g/mol. The monoisotopic (exact) mass is 396 g/mol. The van der Waals surface area contributed by atoms with Gasteiger partial charge in [-0.3, -0.25) is 0 Å². The molecule has 1 unspecified atom stereocenters. The zero-order chi connectivity index (χ0) is 20.5. The van der Waals surface area contributed by atoms with Gasteiger partial charge in [-0.2, -0.15) is 0 Å². The summed E-state index contributed by atoms with van der Waals surface area (Å²) in [5.41, 5.74) is 0.721. The molecule has 1 atom stereocenters. The molecule has 2 rings (SSSR count). The second-order valence-electron chi connectivity index (χ2n) is 9.06. The lowest BCUT2D eigenvalue weighted by Gasteiger charge is -2.46. The van der Waals surface area contributed by atoms with E-state index in [1.807, 2.05) is 6.92 Å². The molecule has 0 spiro atoms. The van der Waals surface area contributed by atoms with E-state index in [1.165, 1.54) is 0 Å². The van der Waals surface area contributed by atoms with Crippen molar-refractivity contribution in [2.24, 2.45) is 0 Å². The molecule has 154 valence electrons. The summed E-state index contributed by atoms with van der Waals surface area (Å²) in [6.07, 6.45) is 2.43. The van der Waals surface area contributed by atoms with Crippen LogP contribution in [0.25, 0.3) is 0 Å². The summed E-state index contributed by atoms with van der Waals surface area (Å²) in [6.45, 7) is 15.2. The van der Waals surface area contributed by atoms with E-state index in [0.717, 1.165) is 30.6 Å². The van der Waals surface area contributed by atoms with Gasteiger partial charge in [0, 0.05) is 17.1 Å². The molecule has 6 heteroatoms. The first-order valence-corrected chi connectivity index (χ1v) is 11.5. The summed E-state index contributed by atoms with van der Waals surface area (Å²) in [7, 11) is -3.59. The van der Waals surface area contributed by atoms with Crippen LogP contribution in [-0.4, -0.2) is 32.1 Å². The maximum absolute atomic E-state index is 13.1. The van der Waals surface area contributed by atoms with Crippen LogP contribution in [0.2, 0.25) is 0 Å². The zero-order valence-corrected chi connectivity index (χ0v) is 18.7. The third kappa shape index (κ3) is 5.69. The summed E-state index contributed by atoms with van der Waals surface area (Å²) < 4.78 is 34.8. The van der Waals surface area contributed by atoms with E-state index < -0.39 is 10.0 Å². The maximum atomic E-state index is 13.1. The second kappa shape index (κ2) is 8.10. The van der Waals surface area contributed by atoms with Crippen molar-refractivity contribution in [2.75, 3.05) is 6.61 Å². The topological polar surface area (TPSA) is 67.4 Å². The first kappa shape index (κ1) is 22.2. The Morgan fingerprint density at radius 3 is 2.30 bits per heavy atom. The lowest BCUT2D eigenvalue weighted by atomic mass is 9.80. The lowest BCUT2D eigenvalue weighted by Crippen LogP contribution is -2.62. The van der Waals surface area contributed by atoms with Crippen molar-refractivity contribution < 1.29 is 13.2 Å². The van der Waals surface area contributed by atoms with Crippen LogP contribution in [-0.2, 0) is 10.0 Å². The third-order valence-electron chi connectivity index (χ3n) is 5.25. The summed E-state index contributed by atoms with van der Waals surface area (Å²) in [5, 5.41) is 3.59. The highest BCUT2D eigenvalue weighted by Gasteiger charge is 2.39. The molecule has 1 aromatic carbocycles. The van der Waals surface area contributed by atoms with Crippen LogP contribution in [0.1, 0.15) is 79.2 Å². The van der Waals surface area contributed by atoms with Gasteiger partial charge in [0.05, 0.1) is 11.5 Å². The summed E-state index contributed by atoms with van der Waals surface area (Å²) in [6, 6.07) is 5.12. The molecule has 5 nitrogen and oxygen atoms in total. The largest absolute Gasteiger partial charge is 0.494 e. The van der Waals surface area contributed by atoms with Gasteiger partial charge in [0.15, 0.2) is 0 Å². The molecular formula is C21H36N2O3S. The fourth-order valence-electron chi connectivity index (χ4n) is 4.28. The summed E-state index contributed by atoms with van der Waals surface area (Å²) >= 11 is 0. The standard InChI is InChI=1S/C21H36N2O3S/c1-8-15(3)18-12-17(10-11-19(18)26-9-2)27(24,25)22-16-13-20(4,5)23-21(6,7)14-16/h10-12,15-16,22-23H,8-9,13-14H2,1-7H3. The van der Waals surface area contributed by atoms with Crippen LogP contribution in [0.4, 0.5) is 0 Å². The fourth-order valence-corrected chi connectivity index (χ4v) is 5.55. The first-order valence-electron chi connectivity index (χ1n) is 9.97. The molecule has 0 bridgehead atoms. The van der Waals surface area contributed by atoms with E-state index >= 15 is 0 Å². The number of nitrogens with one attached hydrogen (secondary N) is 2. The van der Waals surface area contributed by atoms with Crippen LogP contribution in [0.15, 0.2) is 23.1 Å². The molecule has 1 aliphatic rings. The molecule has 27 heavy (non-hydrogen) atoms. The minimum atomic E-state index is -3.59. The van der Waals surface area contributed by atoms with Crippen LogP contribution < -0.4 is 14.8 Å². The Kier molecular flexibility index (Phi) is 6.65. The van der Waals surface area contributed by atoms with Crippen molar-refractivity contribution in [2.45, 2.75) is 95.7 Å². The maximum Gasteiger partial charge on any atom is 0.240 e. The van der Waals surface area contributed by atoms with Gasteiger partial charge in [-0.1, -0.05) is 13.8 Å². The molecule has 1 heterocycles. The average Bonchev–Trinajstić information content (AvgIpc) is 2.51. The van der Waals surface area contributed by atoms with Crippen LogP contribution in [0, 0.1) is 0 Å². The van der Waals surface area contributed by atoms with Gasteiger partial charge in [0.1, 0.15) is 5.75 Å². The van der Waals surface area contributed by atoms with Gasteiger partial charge < -0.3 is 10.1 Å². The summed E-state index contributed by atoms with van der Waals surface area (Å²) in [4.78, 5) is 0.315. The lowest BCUT2D eigenvalue weighted by molar-refractivity contribution is 0.157. The molecule has 0 radical (unpaired) electrons. The number of piperidine rings is 1. The number of hydrogen-bond donors (Lipinski definition) is 2. The van der Waals surface area contributed by atoms with Gasteiger partial charge in [-0.15, -0.1) is 0 Å². The van der Waals surface area contributed by atoms with Gasteiger partial charge in [0.25, 0.3) is 0 Å². The number of sulfonamides is 1. The van der Waals surface area contributed by atoms with Crippen molar-refractivity contribution in [3.63, 3.8) is 0 Å². The smallest absolute Gasteiger partial charge is 0.240 e. The minimum absolute atomic E-state index is 0.0973. The highest BCUT2D eigenvalue weighted by molar-refractivity contribution is 7.89. The predicted molar refractivity (Wildman–Crippen MR) is 111 cm³/mol. The third-order valence-corrected chi connectivity index (χ3v) is 6.76. The van der Waals surface area contributed by atoms with Crippen LogP contribution in [0.3, 0.4) is 0 Å². The number of hydrogen-bond acceptors (Lipinski definition) is 4. The number of rotatable bonds is 7. The number of ether oxygens (including phenoxy) is 1. The molecule has 1 saturated heterocycles. The Morgan fingerprint density at radius 1 is 1.19 bits per heavy atom. The molecule has 0 amide bonds. The normalized spacial score (nSPS) is 21.0. The highest BCUT2D eigenvalue weighted by Crippen LogP contribution is 2.33. The van der Waals surface area contributed by atoms with E-state index in [1.54, 1.807) is 18.2 Å². The molecule has 1 aliphatic heterocycles. The molecule has 0 aliphatic carbocycles. The SMILES string of the molecule is CCOc1ccc(S(=O)(=O)NC2CC(C)(C)NC(C)(C)C2)cc1C(C)CC. The molecule has 2 N–H and O–H groups in total. The van der Waals surface area contributed by atoms with E-state index in [2.05, 4.69) is 51.6 Å². The van der Waals surface area contributed by atoms with E-state index in [0.29, 0.717) is 11.5 Å². The Bertz CT molecular complexity index is 741. The number of benzene rings is 1. The van der Waals surface area contributed by atoms with Crippen molar-refractivity contribution >= 4 is 10.0 Å². The van der Waals surface area contributed by atoms with Gasteiger partial charge >= 0.3 is 0 Å². The van der Waals surface area contributed by atoms with Crippen molar-refractivity contribution in [1.82, 2.24) is 10.0 Å². The van der Waals surface area contributed by atoms with Gasteiger partial charge in [-0.25, -0.2) is 13.1 Å². The minimum Gasteiger partial charge on any atom is -0.494 e. The van der Waals surface area contributed by atoms with Crippen molar-refractivity contribution in [3.05, 3.63) is 23.8 Å². The Morgan fingerprint density at radius 2 is 1.78 bits per heavy atom. The average molecular weight is 397 g/mol. The van der Waals surface area contributed by atoms with Crippen molar-refractivity contribution in [3.8, 4) is 5.75 Å². The van der Waals surface area contributed by atoms with Gasteiger partial charge in [0.2, 0.25) is 10.0 Å². The first-order chi connectivity index (χ1) is 12.4. The van der Waals surface area contributed by atoms with Crippen molar-refractivity contribution in [1.29, 1.82) is 0 Å².